The minimum atomic E-state index is -0.736. The molecule has 1 aliphatic carbocycles. The fraction of sp³-hybridized carbons (Fsp3) is 0.600. The van der Waals surface area contributed by atoms with Crippen molar-refractivity contribution < 1.29 is 9.31 Å². The SMILES string of the molecule is CN(C)C1(CNCc2cccc([N+](=O)[O-])c2F)CCCC1. The smallest absolute Gasteiger partial charge is 0.305 e. The fourth-order valence-electron chi connectivity index (χ4n) is 3.09. The zero-order chi connectivity index (χ0) is 15.5. The van der Waals surface area contributed by atoms with Crippen molar-refractivity contribution in [2.45, 2.75) is 37.8 Å². The highest BCUT2D eigenvalue weighted by molar-refractivity contribution is 5.36. The number of hydrogen-bond donors (Lipinski definition) is 1. The van der Waals surface area contributed by atoms with Crippen LogP contribution in [0.1, 0.15) is 31.2 Å². The Morgan fingerprint density at radius 2 is 2.05 bits per heavy atom. The maximum absolute atomic E-state index is 14.0. The highest BCUT2D eigenvalue weighted by atomic mass is 19.1. The Kier molecular flexibility index (Phi) is 4.90. The van der Waals surface area contributed by atoms with Gasteiger partial charge in [0.1, 0.15) is 0 Å². The minimum Gasteiger partial charge on any atom is -0.311 e. The highest BCUT2D eigenvalue weighted by Crippen LogP contribution is 2.33. The number of hydrogen-bond acceptors (Lipinski definition) is 4. The summed E-state index contributed by atoms with van der Waals surface area (Å²) < 4.78 is 14.0. The van der Waals surface area contributed by atoms with Crippen molar-refractivity contribution in [3.63, 3.8) is 0 Å². The second-order valence-corrected chi connectivity index (χ2v) is 5.94. The number of benzene rings is 1. The van der Waals surface area contributed by atoms with Crippen LogP contribution in [0.2, 0.25) is 0 Å². The van der Waals surface area contributed by atoms with E-state index in [-0.39, 0.29) is 5.54 Å². The van der Waals surface area contributed by atoms with Crippen molar-refractivity contribution >= 4 is 5.69 Å². The zero-order valence-corrected chi connectivity index (χ0v) is 12.6. The van der Waals surface area contributed by atoms with Crippen molar-refractivity contribution in [2.75, 3.05) is 20.6 Å². The van der Waals surface area contributed by atoms with E-state index in [1.807, 2.05) is 0 Å². The lowest BCUT2D eigenvalue weighted by molar-refractivity contribution is -0.387. The summed E-state index contributed by atoms with van der Waals surface area (Å²) in [5.41, 5.74) is 0.00517. The molecule has 1 fully saturated rings. The molecule has 0 atom stereocenters. The van der Waals surface area contributed by atoms with Gasteiger partial charge in [0.15, 0.2) is 0 Å². The number of likely N-dealkylation sites (N-methyl/N-ethyl adjacent to an activating group) is 1. The van der Waals surface area contributed by atoms with Gasteiger partial charge in [-0.25, -0.2) is 0 Å². The van der Waals surface area contributed by atoms with E-state index in [4.69, 9.17) is 0 Å². The summed E-state index contributed by atoms with van der Waals surface area (Å²) >= 11 is 0. The van der Waals surface area contributed by atoms with Crippen LogP contribution in [0.25, 0.3) is 0 Å². The molecule has 0 aliphatic heterocycles. The molecule has 1 N–H and O–H groups in total. The topological polar surface area (TPSA) is 58.4 Å². The third-order valence-corrected chi connectivity index (χ3v) is 4.51. The molecule has 0 unspecified atom stereocenters. The first-order valence-electron chi connectivity index (χ1n) is 7.26. The van der Waals surface area contributed by atoms with Gasteiger partial charge in [-0.3, -0.25) is 10.1 Å². The van der Waals surface area contributed by atoms with Gasteiger partial charge < -0.3 is 10.2 Å². The Labute approximate surface area is 124 Å². The molecule has 0 amide bonds. The lowest BCUT2D eigenvalue weighted by Crippen LogP contribution is -2.49. The van der Waals surface area contributed by atoms with E-state index in [1.165, 1.54) is 25.0 Å². The average molecular weight is 295 g/mol. The predicted octanol–water partition coefficient (Wildman–Crippen LogP) is 2.70. The number of nitro benzene ring substituents is 1. The van der Waals surface area contributed by atoms with E-state index in [1.54, 1.807) is 6.07 Å². The van der Waals surface area contributed by atoms with E-state index in [2.05, 4.69) is 24.3 Å². The molecule has 0 aromatic heterocycles. The van der Waals surface area contributed by atoms with E-state index in [0.717, 1.165) is 19.4 Å². The van der Waals surface area contributed by atoms with Gasteiger partial charge >= 0.3 is 5.69 Å². The molecule has 0 radical (unpaired) electrons. The standard InChI is InChI=1S/C15H22FN3O2/c1-18(2)15(8-3-4-9-15)11-17-10-12-6-5-7-13(14(12)16)19(20)21/h5-7,17H,3-4,8-11H2,1-2H3. The largest absolute Gasteiger partial charge is 0.311 e. The molecule has 0 spiro atoms. The number of halogens is 1. The van der Waals surface area contributed by atoms with Gasteiger partial charge in [-0.05, 0) is 26.9 Å². The van der Waals surface area contributed by atoms with Crippen molar-refractivity contribution in [1.29, 1.82) is 0 Å². The lowest BCUT2D eigenvalue weighted by atomic mass is 9.96. The molecule has 1 saturated carbocycles. The average Bonchev–Trinajstić information content (AvgIpc) is 2.90. The summed E-state index contributed by atoms with van der Waals surface area (Å²) in [5, 5.41) is 14.0. The molecule has 0 saturated heterocycles. The number of rotatable bonds is 6. The van der Waals surface area contributed by atoms with Crippen LogP contribution in [0.15, 0.2) is 18.2 Å². The Morgan fingerprint density at radius 3 is 2.62 bits per heavy atom. The summed E-state index contributed by atoms with van der Waals surface area (Å²) in [6, 6.07) is 4.30. The van der Waals surface area contributed by atoms with E-state index in [9.17, 15) is 14.5 Å². The van der Waals surface area contributed by atoms with Crippen LogP contribution in [0, 0.1) is 15.9 Å². The molecular weight excluding hydrogens is 273 g/mol. The molecule has 1 aromatic rings. The Morgan fingerprint density at radius 1 is 1.38 bits per heavy atom. The zero-order valence-electron chi connectivity index (χ0n) is 12.6. The first-order valence-corrected chi connectivity index (χ1v) is 7.26. The van der Waals surface area contributed by atoms with Crippen molar-refractivity contribution in [3.05, 3.63) is 39.7 Å². The summed E-state index contributed by atoms with van der Waals surface area (Å²) in [6.07, 6.45) is 4.69. The van der Waals surface area contributed by atoms with Crippen LogP contribution in [0.3, 0.4) is 0 Å². The lowest BCUT2D eigenvalue weighted by Gasteiger charge is -2.36. The third-order valence-electron chi connectivity index (χ3n) is 4.51. The summed E-state index contributed by atoms with van der Waals surface area (Å²) in [4.78, 5) is 12.3. The van der Waals surface area contributed by atoms with E-state index >= 15 is 0 Å². The Hall–Kier alpha value is -1.53. The molecule has 116 valence electrons. The summed E-state index contributed by atoms with van der Waals surface area (Å²) in [6.45, 7) is 1.07. The van der Waals surface area contributed by atoms with E-state index in [0.29, 0.717) is 12.1 Å². The molecule has 2 rings (SSSR count). The fourth-order valence-corrected chi connectivity index (χ4v) is 3.09. The third kappa shape index (κ3) is 3.39. The number of nitrogens with one attached hydrogen (secondary N) is 1. The van der Waals surface area contributed by atoms with Gasteiger partial charge in [-0.15, -0.1) is 0 Å². The van der Waals surface area contributed by atoms with Crippen LogP contribution in [-0.4, -0.2) is 36.0 Å². The highest BCUT2D eigenvalue weighted by Gasteiger charge is 2.35. The first-order chi connectivity index (χ1) is 9.96. The molecule has 1 aliphatic rings. The predicted molar refractivity (Wildman–Crippen MR) is 79.6 cm³/mol. The maximum atomic E-state index is 14.0. The van der Waals surface area contributed by atoms with Crippen molar-refractivity contribution in [3.8, 4) is 0 Å². The molecule has 0 heterocycles. The van der Waals surface area contributed by atoms with Gasteiger partial charge in [0.25, 0.3) is 0 Å². The molecule has 21 heavy (non-hydrogen) atoms. The van der Waals surface area contributed by atoms with Gasteiger partial charge in [-0.1, -0.05) is 25.0 Å². The van der Waals surface area contributed by atoms with Gasteiger partial charge in [0, 0.05) is 30.3 Å². The van der Waals surface area contributed by atoms with Crippen LogP contribution >= 0.6 is 0 Å². The molecule has 5 nitrogen and oxygen atoms in total. The van der Waals surface area contributed by atoms with Crippen molar-refractivity contribution in [1.82, 2.24) is 10.2 Å². The molecule has 1 aromatic carbocycles. The normalized spacial score (nSPS) is 17.3. The van der Waals surface area contributed by atoms with Crippen molar-refractivity contribution in [2.24, 2.45) is 0 Å². The van der Waals surface area contributed by atoms with Crippen LogP contribution in [-0.2, 0) is 6.54 Å². The van der Waals surface area contributed by atoms with Crippen LogP contribution in [0.4, 0.5) is 10.1 Å². The van der Waals surface area contributed by atoms with Gasteiger partial charge in [0.2, 0.25) is 5.82 Å². The molecular formula is C15H22FN3O2. The summed E-state index contributed by atoms with van der Waals surface area (Å²) in [7, 11) is 4.14. The van der Waals surface area contributed by atoms with Crippen LogP contribution in [0.5, 0.6) is 0 Å². The Bertz CT molecular complexity index is 514. The quantitative estimate of drug-likeness (QED) is 0.647. The first kappa shape index (κ1) is 15.9. The molecule has 6 heteroatoms. The van der Waals surface area contributed by atoms with Gasteiger partial charge in [-0.2, -0.15) is 4.39 Å². The summed E-state index contributed by atoms with van der Waals surface area (Å²) in [5.74, 6) is -0.736. The number of nitro groups is 1. The number of nitrogens with zero attached hydrogens (tertiary/aromatic N) is 2. The molecule has 0 bridgehead atoms. The second-order valence-electron chi connectivity index (χ2n) is 5.94. The Balaban J connectivity index is 2.00. The maximum Gasteiger partial charge on any atom is 0.305 e. The second kappa shape index (κ2) is 6.49. The monoisotopic (exact) mass is 295 g/mol. The minimum absolute atomic E-state index is 0.122. The van der Waals surface area contributed by atoms with Gasteiger partial charge in [0.05, 0.1) is 4.92 Å². The van der Waals surface area contributed by atoms with E-state index < -0.39 is 16.4 Å². The van der Waals surface area contributed by atoms with Crippen LogP contribution < -0.4 is 5.32 Å².